The molecule has 0 aromatic heterocycles. The van der Waals surface area contributed by atoms with Crippen LogP contribution in [0.25, 0.3) is 11.1 Å². The van der Waals surface area contributed by atoms with Crippen LogP contribution in [-0.4, -0.2) is 11.9 Å². The Morgan fingerprint density at radius 2 is 1.41 bits per heavy atom. The summed E-state index contributed by atoms with van der Waals surface area (Å²) in [4.78, 5) is 21.8. The third-order valence-electron chi connectivity index (χ3n) is 3.16. The third kappa shape index (κ3) is 4.45. The lowest BCUT2D eigenvalue weighted by atomic mass is 9.99. The molecule has 0 N–H and O–H groups in total. The predicted octanol–water partition coefficient (Wildman–Crippen LogP) is 3.48. The second-order valence-electron chi connectivity index (χ2n) is 4.91. The summed E-state index contributed by atoms with van der Waals surface area (Å²) in [7, 11) is 0. The summed E-state index contributed by atoms with van der Waals surface area (Å²) >= 11 is 0. The lowest BCUT2D eigenvalue weighted by Crippen LogP contribution is -2.00. The van der Waals surface area contributed by atoms with Gasteiger partial charge in [0.25, 0.3) is 0 Å². The predicted molar refractivity (Wildman–Crippen MR) is 82.8 cm³/mol. The molecule has 0 atom stereocenters. The van der Waals surface area contributed by atoms with Gasteiger partial charge in [-0.2, -0.15) is 0 Å². The van der Waals surface area contributed by atoms with Gasteiger partial charge in [-0.25, -0.2) is 0 Å². The van der Waals surface area contributed by atoms with Gasteiger partial charge in [0.2, 0.25) is 0 Å². The van der Waals surface area contributed by atoms with Gasteiger partial charge in [0.05, 0.1) is 0 Å². The van der Waals surface area contributed by atoms with Crippen molar-refractivity contribution in [2.24, 2.45) is 0 Å². The molecule has 0 fully saturated rings. The van der Waals surface area contributed by atoms with Gasteiger partial charge in [-0.1, -0.05) is 48.5 Å². The quantitative estimate of drug-likeness (QED) is 0.793. The number of hydrogen-bond acceptors (Lipinski definition) is 4. The Hall–Kier alpha value is -2.62. The summed E-state index contributed by atoms with van der Waals surface area (Å²) in [5.41, 5.74) is 3.92. The Bertz CT molecular complexity index is 659. The fraction of sp³-hybridized carbons (Fsp3) is 0.222. The highest BCUT2D eigenvalue weighted by Gasteiger charge is 2.06. The molecule has 114 valence electrons. The highest BCUT2D eigenvalue weighted by Crippen LogP contribution is 2.25. The van der Waals surface area contributed by atoms with Gasteiger partial charge < -0.3 is 9.47 Å². The topological polar surface area (TPSA) is 52.6 Å². The number of carbonyl (C=O) groups excluding carboxylic acids is 2. The van der Waals surface area contributed by atoms with Gasteiger partial charge in [-0.15, -0.1) is 0 Å². The number of rotatable bonds is 5. The zero-order valence-corrected chi connectivity index (χ0v) is 12.7. The fourth-order valence-corrected chi connectivity index (χ4v) is 2.07. The minimum absolute atomic E-state index is 0.251. The Morgan fingerprint density at radius 3 is 2.05 bits per heavy atom. The molecule has 0 radical (unpaired) electrons. The molecule has 22 heavy (non-hydrogen) atoms. The fourth-order valence-electron chi connectivity index (χ4n) is 2.07. The first-order valence-electron chi connectivity index (χ1n) is 7.00. The number of hydrogen-bond donors (Lipinski definition) is 0. The molecule has 2 aromatic carbocycles. The van der Waals surface area contributed by atoms with E-state index in [1.807, 2.05) is 48.5 Å². The Balaban J connectivity index is 2.17. The van der Waals surface area contributed by atoms with Crippen molar-refractivity contribution in [1.82, 2.24) is 0 Å². The monoisotopic (exact) mass is 298 g/mol. The number of esters is 2. The lowest BCUT2D eigenvalue weighted by molar-refractivity contribution is -0.143. The summed E-state index contributed by atoms with van der Waals surface area (Å²) < 4.78 is 10.0. The van der Waals surface area contributed by atoms with Crippen molar-refractivity contribution in [3.8, 4) is 11.1 Å². The Labute approximate surface area is 129 Å². The van der Waals surface area contributed by atoms with Crippen LogP contribution in [0.5, 0.6) is 0 Å². The molecular weight excluding hydrogens is 280 g/mol. The van der Waals surface area contributed by atoms with Crippen LogP contribution in [0.3, 0.4) is 0 Å². The summed E-state index contributed by atoms with van der Waals surface area (Å²) in [6, 6.07) is 15.5. The highest BCUT2D eigenvalue weighted by molar-refractivity contribution is 5.69. The average Bonchev–Trinajstić information content (AvgIpc) is 2.52. The molecule has 0 amide bonds. The van der Waals surface area contributed by atoms with Crippen molar-refractivity contribution in [1.29, 1.82) is 0 Å². The standard InChI is InChI=1S/C18H18O4/c1-13(19)21-11-15-7-9-16(10-8-15)18-6-4-3-5-17(18)12-22-14(2)20/h3-10H,11-12H2,1-2H3. The van der Waals surface area contributed by atoms with Crippen LogP contribution in [0.1, 0.15) is 25.0 Å². The molecule has 2 aromatic rings. The highest BCUT2D eigenvalue weighted by atomic mass is 16.5. The van der Waals surface area contributed by atoms with E-state index in [-0.39, 0.29) is 25.2 Å². The first-order chi connectivity index (χ1) is 10.6. The molecule has 0 aliphatic heterocycles. The van der Waals surface area contributed by atoms with Crippen molar-refractivity contribution >= 4 is 11.9 Å². The molecule has 0 bridgehead atoms. The minimum atomic E-state index is -0.300. The molecule has 0 saturated heterocycles. The van der Waals surface area contributed by atoms with Crippen LogP contribution >= 0.6 is 0 Å². The normalized spacial score (nSPS) is 10.1. The Kier molecular flexibility index (Phi) is 5.31. The number of carbonyl (C=O) groups is 2. The number of ether oxygens (including phenoxy) is 2. The van der Waals surface area contributed by atoms with Gasteiger partial charge in [0.1, 0.15) is 13.2 Å². The van der Waals surface area contributed by atoms with Crippen molar-refractivity contribution < 1.29 is 19.1 Å². The average molecular weight is 298 g/mol. The smallest absolute Gasteiger partial charge is 0.302 e. The molecule has 0 aliphatic rings. The van der Waals surface area contributed by atoms with Crippen LogP contribution < -0.4 is 0 Å². The van der Waals surface area contributed by atoms with Crippen LogP contribution in [0.15, 0.2) is 48.5 Å². The van der Waals surface area contributed by atoms with Gasteiger partial charge in [-0.05, 0) is 22.3 Å². The van der Waals surface area contributed by atoms with Crippen LogP contribution in [0, 0.1) is 0 Å². The third-order valence-corrected chi connectivity index (χ3v) is 3.16. The second-order valence-corrected chi connectivity index (χ2v) is 4.91. The van der Waals surface area contributed by atoms with Gasteiger partial charge in [0.15, 0.2) is 0 Å². The number of benzene rings is 2. The molecule has 0 spiro atoms. The maximum atomic E-state index is 11.0. The molecule has 0 saturated carbocycles. The van der Waals surface area contributed by atoms with E-state index < -0.39 is 0 Å². The minimum Gasteiger partial charge on any atom is -0.461 e. The SMILES string of the molecule is CC(=O)OCc1ccc(-c2ccccc2COC(C)=O)cc1. The molecule has 2 rings (SSSR count). The molecule has 0 unspecified atom stereocenters. The van der Waals surface area contributed by atoms with Crippen molar-refractivity contribution in [3.63, 3.8) is 0 Å². The molecule has 4 heteroatoms. The van der Waals surface area contributed by atoms with E-state index >= 15 is 0 Å². The molecule has 0 heterocycles. The van der Waals surface area contributed by atoms with Crippen molar-refractivity contribution in [3.05, 3.63) is 59.7 Å². The zero-order valence-electron chi connectivity index (χ0n) is 12.7. The van der Waals surface area contributed by atoms with Crippen LogP contribution in [0.2, 0.25) is 0 Å². The van der Waals surface area contributed by atoms with Gasteiger partial charge in [0, 0.05) is 13.8 Å². The molecule has 4 nitrogen and oxygen atoms in total. The van der Waals surface area contributed by atoms with Crippen molar-refractivity contribution in [2.75, 3.05) is 0 Å². The summed E-state index contributed by atoms with van der Waals surface area (Å²) in [6.45, 7) is 3.30. The largest absolute Gasteiger partial charge is 0.461 e. The lowest BCUT2D eigenvalue weighted by Gasteiger charge is -2.10. The van der Waals surface area contributed by atoms with E-state index in [0.717, 1.165) is 22.3 Å². The van der Waals surface area contributed by atoms with E-state index in [1.165, 1.54) is 13.8 Å². The van der Waals surface area contributed by atoms with Gasteiger partial charge >= 0.3 is 11.9 Å². The van der Waals surface area contributed by atoms with E-state index in [4.69, 9.17) is 9.47 Å². The maximum Gasteiger partial charge on any atom is 0.302 e. The summed E-state index contributed by atoms with van der Waals surface area (Å²) in [5.74, 6) is -0.595. The molecule has 0 aliphatic carbocycles. The Morgan fingerprint density at radius 1 is 0.818 bits per heavy atom. The van der Waals surface area contributed by atoms with Crippen LogP contribution in [-0.2, 0) is 32.3 Å². The van der Waals surface area contributed by atoms with E-state index in [2.05, 4.69) is 0 Å². The van der Waals surface area contributed by atoms with Gasteiger partial charge in [-0.3, -0.25) is 9.59 Å². The molecular formula is C18H18O4. The zero-order chi connectivity index (χ0) is 15.9. The maximum absolute atomic E-state index is 11.0. The summed E-state index contributed by atoms with van der Waals surface area (Å²) in [6.07, 6.45) is 0. The van der Waals surface area contributed by atoms with E-state index in [9.17, 15) is 9.59 Å². The van der Waals surface area contributed by atoms with Crippen LogP contribution in [0.4, 0.5) is 0 Å². The summed E-state index contributed by atoms with van der Waals surface area (Å²) in [5, 5.41) is 0. The van der Waals surface area contributed by atoms with E-state index in [1.54, 1.807) is 0 Å². The first kappa shape index (κ1) is 15.8. The van der Waals surface area contributed by atoms with E-state index in [0.29, 0.717) is 0 Å². The second kappa shape index (κ2) is 7.41. The van der Waals surface area contributed by atoms with Crippen molar-refractivity contribution in [2.45, 2.75) is 27.1 Å². The first-order valence-corrected chi connectivity index (χ1v) is 7.00.